The first kappa shape index (κ1) is 21.7. The Labute approximate surface area is 203 Å². The van der Waals surface area contributed by atoms with Gasteiger partial charge in [0.15, 0.2) is 0 Å². The summed E-state index contributed by atoms with van der Waals surface area (Å²) in [4.78, 5) is 14.4. The molecule has 0 spiro atoms. The van der Waals surface area contributed by atoms with E-state index >= 15 is 0 Å². The summed E-state index contributed by atoms with van der Waals surface area (Å²) >= 11 is 0. The van der Waals surface area contributed by atoms with Gasteiger partial charge in [0.25, 0.3) is 0 Å². The van der Waals surface area contributed by atoms with E-state index in [9.17, 15) is 0 Å². The van der Waals surface area contributed by atoms with Crippen molar-refractivity contribution < 1.29 is 9.47 Å². The molecule has 35 heavy (non-hydrogen) atoms. The highest BCUT2D eigenvalue weighted by Gasteiger charge is 2.37. The average Bonchev–Trinajstić information content (AvgIpc) is 3.26. The maximum Gasteiger partial charge on any atom is 0.150 e. The minimum absolute atomic E-state index is 0.129. The summed E-state index contributed by atoms with van der Waals surface area (Å²) in [7, 11) is 1.69. The Kier molecular flexibility index (Phi) is 5.64. The molecule has 1 aliphatic rings. The minimum atomic E-state index is 0.129. The number of ether oxygens (including phenoxy) is 2. The van der Waals surface area contributed by atoms with Crippen LogP contribution in [0.4, 0.5) is 5.82 Å². The second kappa shape index (κ2) is 9.09. The van der Waals surface area contributed by atoms with Gasteiger partial charge in [-0.15, -0.1) is 0 Å². The third kappa shape index (κ3) is 3.92. The number of imidazole rings is 1. The van der Waals surface area contributed by atoms with Crippen LogP contribution in [-0.2, 0) is 9.47 Å². The van der Waals surface area contributed by atoms with Crippen LogP contribution >= 0.6 is 0 Å². The number of hydrogen-bond acceptors (Lipinski definition) is 6. The van der Waals surface area contributed by atoms with Gasteiger partial charge in [0, 0.05) is 41.9 Å². The van der Waals surface area contributed by atoms with E-state index in [1.165, 1.54) is 0 Å². The highest BCUT2D eigenvalue weighted by Crippen LogP contribution is 2.41. The number of nitrogens with two attached hydrogens (primary N) is 1. The number of anilines is 1. The summed E-state index contributed by atoms with van der Waals surface area (Å²) in [6.07, 6.45) is 5.84. The van der Waals surface area contributed by atoms with Gasteiger partial charge in [0.1, 0.15) is 22.9 Å². The van der Waals surface area contributed by atoms with Gasteiger partial charge < -0.3 is 15.2 Å². The first-order chi connectivity index (χ1) is 17.2. The molecular formula is C28H27N5O2. The molecule has 7 nitrogen and oxygen atoms in total. The summed E-state index contributed by atoms with van der Waals surface area (Å²) in [6.45, 7) is 1.17. The molecule has 0 aliphatic heterocycles. The van der Waals surface area contributed by atoms with E-state index in [0.717, 1.165) is 57.6 Å². The molecule has 3 aromatic heterocycles. The number of nitrogen functional groups attached to an aromatic ring is 1. The first-order valence-electron chi connectivity index (χ1n) is 11.9. The molecule has 2 aromatic carbocycles. The normalized spacial score (nSPS) is 17.6. The molecule has 2 atom stereocenters. The molecule has 0 bridgehead atoms. The second-order valence-corrected chi connectivity index (χ2v) is 8.91. The molecule has 1 saturated carbocycles. The zero-order chi connectivity index (χ0) is 23.8. The molecule has 0 saturated heterocycles. The smallest absolute Gasteiger partial charge is 0.150 e. The molecule has 1 fully saturated rings. The Morgan fingerprint density at radius 2 is 1.83 bits per heavy atom. The SMILES string of the molecule is COCCOC1CCC1c1nc(-c2ccc3ccc(-c4ccccc4)nc3c2)c2c(N)nccn12. The zero-order valence-corrected chi connectivity index (χ0v) is 19.6. The Hall–Kier alpha value is -3.81. The van der Waals surface area contributed by atoms with Crippen molar-refractivity contribution in [1.29, 1.82) is 0 Å². The third-order valence-electron chi connectivity index (χ3n) is 6.81. The predicted molar refractivity (Wildman–Crippen MR) is 137 cm³/mol. The van der Waals surface area contributed by atoms with Gasteiger partial charge in [0.05, 0.1) is 30.5 Å². The van der Waals surface area contributed by atoms with Gasteiger partial charge in [-0.2, -0.15) is 0 Å². The maximum absolute atomic E-state index is 6.38. The molecule has 0 amide bonds. The summed E-state index contributed by atoms with van der Waals surface area (Å²) in [6, 6.07) is 20.6. The Morgan fingerprint density at radius 3 is 2.63 bits per heavy atom. The lowest BCUT2D eigenvalue weighted by atomic mass is 9.81. The predicted octanol–water partition coefficient (Wildman–Crippen LogP) is 5.10. The summed E-state index contributed by atoms with van der Waals surface area (Å²) in [5, 5.41) is 1.08. The fraction of sp³-hybridized carbons (Fsp3) is 0.250. The van der Waals surface area contributed by atoms with Crippen LogP contribution in [0.15, 0.2) is 73.1 Å². The Balaban J connectivity index is 1.43. The largest absolute Gasteiger partial charge is 0.382 e. The van der Waals surface area contributed by atoms with Crippen molar-refractivity contribution in [2.24, 2.45) is 0 Å². The zero-order valence-electron chi connectivity index (χ0n) is 19.6. The molecule has 7 heteroatoms. The van der Waals surface area contributed by atoms with Crippen molar-refractivity contribution in [1.82, 2.24) is 19.4 Å². The van der Waals surface area contributed by atoms with Crippen molar-refractivity contribution in [3.63, 3.8) is 0 Å². The fourth-order valence-electron chi connectivity index (χ4n) is 4.83. The van der Waals surface area contributed by atoms with Crippen molar-refractivity contribution in [2.75, 3.05) is 26.1 Å². The van der Waals surface area contributed by atoms with Crippen molar-refractivity contribution in [3.05, 3.63) is 78.9 Å². The van der Waals surface area contributed by atoms with E-state index in [1.807, 2.05) is 24.4 Å². The first-order valence-corrected chi connectivity index (χ1v) is 11.9. The van der Waals surface area contributed by atoms with Crippen LogP contribution in [0.1, 0.15) is 24.6 Å². The lowest BCUT2D eigenvalue weighted by molar-refractivity contribution is -0.0385. The van der Waals surface area contributed by atoms with Gasteiger partial charge in [-0.05, 0) is 25.0 Å². The number of methoxy groups -OCH3 is 1. The van der Waals surface area contributed by atoms with Crippen LogP contribution in [0.25, 0.3) is 38.9 Å². The number of aromatic nitrogens is 4. The highest BCUT2D eigenvalue weighted by atomic mass is 16.5. The molecule has 6 rings (SSSR count). The number of benzene rings is 2. The quantitative estimate of drug-likeness (QED) is 0.336. The number of nitrogens with zero attached hydrogens (tertiary/aromatic N) is 4. The van der Waals surface area contributed by atoms with Gasteiger partial charge in [-0.25, -0.2) is 15.0 Å². The van der Waals surface area contributed by atoms with E-state index in [2.05, 4.69) is 51.8 Å². The Bertz CT molecular complexity index is 1500. The fourth-order valence-corrected chi connectivity index (χ4v) is 4.83. The number of rotatable bonds is 7. The van der Waals surface area contributed by atoms with Gasteiger partial charge >= 0.3 is 0 Å². The summed E-state index contributed by atoms with van der Waals surface area (Å²) in [5.41, 5.74) is 11.9. The van der Waals surface area contributed by atoms with Crippen LogP contribution in [0, 0.1) is 0 Å². The van der Waals surface area contributed by atoms with Gasteiger partial charge in [-0.3, -0.25) is 4.40 Å². The molecule has 2 unspecified atom stereocenters. The minimum Gasteiger partial charge on any atom is -0.382 e. The van der Waals surface area contributed by atoms with Crippen molar-refractivity contribution >= 4 is 22.2 Å². The van der Waals surface area contributed by atoms with E-state index < -0.39 is 0 Å². The van der Waals surface area contributed by atoms with Crippen molar-refractivity contribution in [2.45, 2.75) is 24.9 Å². The van der Waals surface area contributed by atoms with Gasteiger partial charge in [0.2, 0.25) is 0 Å². The van der Waals surface area contributed by atoms with Crippen LogP contribution < -0.4 is 5.73 Å². The van der Waals surface area contributed by atoms with E-state index in [4.69, 9.17) is 25.2 Å². The molecule has 2 N–H and O–H groups in total. The standard InChI is InChI=1S/C28H27N5O2/c1-34-15-16-35-24-12-10-21(24)28-32-25(26-27(29)30-13-14-33(26)28)20-8-7-19-9-11-22(31-23(19)17-20)18-5-3-2-4-6-18/h2-9,11,13-14,17,21,24H,10,12,15-16H2,1H3,(H2,29,30). The van der Waals surface area contributed by atoms with Crippen LogP contribution in [0.5, 0.6) is 0 Å². The van der Waals surface area contributed by atoms with Crippen molar-refractivity contribution in [3.8, 4) is 22.5 Å². The highest BCUT2D eigenvalue weighted by molar-refractivity contribution is 5.91. The topological polar surface area (TPSA) is 87.6 Å². The lowest BCUT2D eigenvalue weighted by Crippen LogP contribution is -2.34. The number of fused-ring (bicyclic) bond motifs is 2. The lowest BCUT2D eigenvalue weighted by Gasteiger charge is -2.35. The van der Waals surface area contributed by atoms with Crippen LogP contribution in [0.2, 0.25) is 0 Å². The van der Waals surface area contributed by atoms with E-state index in [1.54, 1.807) is 13.3 Å². The molecule has 1 aliphatic carbocycles. The monoisotopic (exact) mass is 465 g/mol. The van der Waals surface area contributed by atoms with Crippen LogP contribution in [0.3, 0.4) is 0 Å². The molecule has 176 valence electrons. The summed E-state index contributed by atoms with van der Waals surface area (Å²) in [5.74, 6) is 1.63. The van der Waals surface area contributed by atoms with E-state index in [0.29, 0.717) is 19.0 Å². The average molecular weight is 466 g/mol. The summed E-state index contributed by atoms with van der Waals surface area (Å²) < 4.78 is 13.3. The molecule has 3 heterocycles. The maximum atomic E-state index is 6.38. The molecule has 0 radical (unpaired) electrons. The third-order valence-corrected chi connectivity index (χ3v) is 6.81. The van der Waals surface area contributed by atoms with E-state index in [-0.39, 0.29) is 12.0 Å². The van der Waals surface area contributed by atoms with Crippen LogP contribution in [-0.4, -0.2) is 45.8 Å². The Morgan fingerprint density at radius 1 is 0.971 bits per heavy atom. The number of pyridine rings is 1. The molecular weight excluding hydrogens is 438 g/mol. The van der Waals surface area contributed by atoms with Gasteiger partial charge in [-0.1, -0.05) is 48.5 Å². The second-order valence-electron chi connectivity index (χ2n) is 8.91. The molecule has 5 aromatic rings. The number of hydrogen-bond donors (Lipinski definition) is 1.